The fourth-order valence-corrected chi connectivity index (χ4v) is 2.72. The molecule has 1 amide bonds. The quantitative estimate of drug-likeness (QED) is 0.732. The molecule has 4 nitrogen and oxygen atoms in total. The van der Waals surface area contributed by atoms with Crippen molar-refractivity contribution in [3.8, 4) is 5.75 Å². The maximum absolute atomic E-state index is 12.1. The van der Waals surface area contributed by atoms with Gasteiger partial charge in [0.05, 0.1) is 7.11 Å². The number of amides is 1. The van der Waals surface area contributed by atoms with Gasteiger partial charge in [-0.1, -0.05) is 56.3 Å². The topological polar surface area (TPSA) is 64.3 Å². The fourth-order valence-electron chi connectivity index (χ4n) is 2.72. The summed E-state index contributed by atoms with van der Waals surface area (Å²) in [5.41, 5.74) is 9.55. The third-order valence-corrected chi connectivity index (χ3v) is 4.36. The van der Waals surface area contributed by atoms with Crippen LogP contribution in [0.5, 0.6) is 5.75 Å². The number of methoxy groups -OCH3 is 1. The molecule has 26 heavy (non-hydrogen) atoms. The van der Waals surface area contributed by atoms with E-state index in [2.05, 4.69) is 31.3 Å². The monoisotopic (exact) mass is 376 g/mol. The first-order valence-electron chi connectivity index (χ1n) is 8.75. The lowest BCUT2D eigenvalue weighted by Gasteiger charge is -2.15. The summed E-state index contributed by atoms with van der Waals surface area (Å²) in [4.78, 5) is 12.1. The fraction of sp³-hybridized carbons (Fsp3) is 0.381. The van der Waals surface area contributed by atoms with Crippen LogP contribution in [0, 0.1) is 0 Å². The smallest absolute Gasteiger partial charge is 0.220 e. The maximum Gasteiger partial charge on any atom is 0.220 e. The van der Waals surface area contributed by atoms with Crippen molar-refractivity contribution >= 4 is 18.3 Å². The van der Waals surface area contributed by atoms with Gasteiger partial charge in [0.25, 0.3) is 0 Å². The third kappa shape index (κ3) is 6.36. The average Bonchev–Trinajstić information content (AvgIpc) is 2.64. The zero-order valence-corrected chi connectivity index (χ0v) is 16.5. The van der Waals surface area contributed by atoms with Crippen molar-refractivity contribution in [3.63, 3.8) is 0 Å². The molecule has 0 aromatic heterocycles. The summed E-state index contributed by atoms with van der Waals surface area (Å²) in [7, 11) is 1.64. The summed E-state index contributed by atoms with van der Waals surface area (Å²) in [6.45, 7) is 4.76. The van der Waals surface area contributed by atoms with E-state index in [9.17, 15) is 4.79 Å². The summed E-state index contributed by atoms with van der Waals surface area (Å²) in [5.74, 6) is 1.32. The van der Waals surface area contributed by atoms with E-state index in [0.29, 0.717) is 25.3 Å². The van der Waals surface area contributed by atoms with E-state index >= 15 is 0 Å². The molecule has 3 N–H and O–H groups in total. The molecule has 0 saturated heterocycles. The normalized spacial score (nSPS) is 11.6. The molecule has 2 aromatic rings. The van der Waals surface area contributed by atoms with Crippen molar-refractivity contribution in [3.05, 3.63) is 65.2 Å². The highest BCUT2D eigenvalue weighted by Gasteiger charge is 2.10. The lowest BCUT2D eigenvalue weighted by atomic mass is 9.99. The van der Waals surface area contributed by atoms with Gasteiger partial charge < -0.3 is 15.8 Å². The van der Waals surface area contributed by atoms with E-state index in [0.717, 1.165) is 16.9 Å². The molecule has 0 bridgehead atoms. The minimum absolute atomic E-state index is 0. The van der Waals surface area contributed by atoms with Gasteiger partial charge in [0.1, 0.15) is 5.75 Å². The molecule has 0 spiro atoms. The number of ether oxygens (including phenoxy) is 1. The third-order valence-electron chi connectivity index (χ3n) is 4.36. The number of aryl methyl sites for hydroxylation is 1. The number of nitrogens with two attached hydrogens (primary N) is 1. The van der Waals surface area contributed by atoms with E-state index in [-0.39, 0.29) is 24.4 Å². The van der Waals surface area contributed by atoms with Crippen LogP contribution in [0.2, 0.25) is 0 Å². The number of carbonyl (C=O) groups excluding carboxylic acids is 1. The summed E-state index contributed by atoms with van der Waals surface area (Å²) in [6.07, 6.45) is 1.06. The first-order chi connectivity index (χ1) is 12.0. The molecule has 1 atom stereocenters. The molecular formula is C21H29ClN2O2. The van der Waals surface area contributed by atoms with E-state index in [1.54, 1.807) is 7.11 Å². The predicted molar refractivity (Wildman–Crippen MR) is 109 cm³/mol. The molecule has 0 fully saturated rings. The van der Waals surface area contributed by atoms with E-state index < -0.39 is 0 Å². The minimum Gasteiger partial charge on any atom is -0.496 e. The second-order valence-electron chi connectivity index (χ2n) is 6.54. The van der Waals surface area contributed by atoms with Gasteiger partial charge in [0.15, 0.2) is 0 Å². The molecular weight excluding hydrogens is 348 g/mol. The number of para-hydroxylation sites is 1. The van der Waals surface area contributed by atoms with Crippen molar-refractivity contribution < 1.29 is 9.53 Å². The minimum atomic E-state index is -0.198. The molecule has 0 aliphatic carbocycles. The van der Waals surface area contributed by atoms with Gasteiger partial charge >= 0.3 is 0 Å². The molecule has 5 heteroatoms. The van der Waals surface area contributed by atoms with Crippen LogP contribution >= 0.6 is 12.4 Å². The van der Waals surface area contributed by atoms with Gasteiger partial charge in [-0.3, -0.25) is 4.79 Å². The van der Waals surface area contributed by atoms with Gasteiger partial charge in [-0.25, -0.2) is 0 Å². The molecule has 0 heterocycles. The van der Waals surface area contributed by atoms with Crippen LogP contribution in [-0.4, -0.2) is 19.6 Å². The molecule has 0 aliphatic rings. The van der Waals surface area contributed by atoms with Crippen molar-refractivity contribution in [2.75, 3.05) is 13.7 Å². The summed E-state index contributed by atoms with van der Waals surface area (Å²) in [5, 5.41) is 2.92. The van der Waals surface area contributed by atoms with Gasteiger partial charge in [-0.2, -0.15) is 0 Å². The molecule has 0 saturated carbocycles. The lowest BCUT2D eigenvalue weighted by molar-refractivity contribution is -0.121. The Morgan fingerprint density at radius 2 is 1.69 bits per heavy atom. The van der Waals surface area contributed by atoms with E-state index in [4.69, 9.17) is 10.5 Å². The number of nitrogens with one attached hydrogen (secondary N) is 1. The van der Waals surface area contributed by atoms with E-state index in [1.807, 2.05) is 36.4 Å². The highest BCUT2D eigenvalue weighted by Crippen LogP contribution is 2.19. The molecule has 1 unspecified atom stereocenters. The van der Waals surface area contributed by atoms with Crippen LogP contribution in [0.3, 0.4) is 0 Å². The maximum atomic E-state index is 12.1. The zero-order valence-electron chi connectivity index (χ0n) is 15.7. The highest BCUT2D eigenvalue weighted by molar-refractivity contribution is 5.85. The van der Waals surface area contributed by atoms with E-state index in [1.165, 1.54) is 5.56 Å². The summed E-state index contributed by atoms with van der Waals surface area (Å²) in [6, 6.07) is 15.8. The average molecular weight is 377 g/mol. The van der Waals surface area contributed by atoms with Crippen molar-refractivity contribution in [1.29, 1.82) is 0 Å². The van der Waals surface area contributed by atoms with Gasteiger partial charge in [0, 0.05) is 19.0 Å². The zero-order chi connectivity index (χ0) is 18.2. The molecule has 2 rings (SSSR count). The van der Waals surface area contributed by atoms with Gasteiger partial charge in [-0.05, 0) is 35.1 Å². The lowest BCUT2D eigenvalue weighted by Crippen LogP contribution is -2.32. The second kappa shape index (κ2) is 10.8. The van der Waals surface area contributed by atoms with Crippen molar-refractivity contribution in [1.82, 2.24) is 5.32 Å². The number of benzene rings is 2. The standard InChI is InChI=1S/C21H28N2O2.ClH/c1-15(2)16-8-10-17(11-9-16)19(22)14-23-21(24)13-12-18-6-4-5-7-20(18)25-3;/h4-11,15,19H,12-14,22H2,1-3H3,(H,23,24);1H. The van der Waals surface area contributed by atoms with Crippen LogP contribution in [0.4, 0.5) is 0 Å². The SMILES string of the molecule is COc1ccccc1CCC(=O)NCC(N)c1ccc(C(C)C)cc1.Cl. The van der Waals surface area contributed by atoms with Crippen molar-refractivity contribution in [2.24, 2.45) is 5.73 Å². The molecule has 0 radical (unpaired) electrons. The largest absolute Gasteiger partial charge is 0.496 e. The van der Waals surface area contributed by atoms with Crippen molar-refractivity contribution in [2.45, 2.75) is 38.6 Å². The Hall–Kier alpha value is -2.04. The summed E-state index contributed by atoms with van der Waals surface area (Å²) >= 11 is 0. The number of rotatable bonds is 8. The first kappa shape index (κ1) is 22.0. The Morgan fingerprint density at radius 3 is 2.31 bits per heavy atom. The first-order valence-corrected chi connectivity index (χ1v) is 8.75. The van der Waals surface area contributed by atoms with Crippen LogP contribution < -0.4 is 15.8 Å². The number of carbonyl (C=O) groups is 1. The Morgan fingerprint density at radius 1 is 1.08 bits per heavy atom. The highest BCUT2D eigenvalue weighted by atomic mass is 35.5. The Labute approximate surface area is 162 Å². The Kier molecular flexibility index (Phi) is 9.17. The second-order valence-corrected chi connectivity index (χ2v) is 6.54. The molecule has 2 aromatic carbocycles. The van der Waals surface area contributed by atoms with Crippen LogP contribution in [0.15, 0.2) is 48.5 Å². The number of hydrogen-bond acceptors (Lipinski definition) is 3. The van der Waals surface area contributed by atoms with Gasteiger partial charge in [-0.15, -0.1) is 12.4 Å². The van der Waals surface area contributed by atoms with Crippen LogP contribution in [-0.2, 0) is 11.2 Å². The van der Waals surface area contributed by atoms with Crippen LogP contribution in [0.1, 0.15) is 48.9 Å². The number of halogens is 1. The van der Waals surface area contributed by atoms with Crippen LogP contribution in [0.25, 0.3) is 0 Å². The molecule has 0 aliphatic heterocycles. The Bertz CT molecular complexity index is 687. The van der Waals surface area contributed by atoms with Gasteiger partial charge in [0.2, 0.25) is 5.91 Å². The molecule has 142 valence electrons. The number of hydrogen-bond donors (Lipinski definition) is 2. The summed E-state index contributed by atoms with van der Waals surface area (Å²) < 4.78 is 5.31. The predicted octanol–water partition coefficient (Wildman–Crippen LogP) is 3.99. The Balaban J connectivity index is 0.00000338.